The number of aliphatic carboxylic acids is 1. The van der Waals surface area contributed by atoms with Gasteiger partial charge < -0.3 is 10.4 Å². The molecule has 0 fully saturated rings. The zero-order valence-corrected chi connectivity index (χ0v) is 8.26. The highest BCUT2D eigenvalue weighted by atomic mass is 19.4. The number of carboxylic acid groups (broad SMARTS) is 1. The highest BCUT2D eigenvalue weighted by Gasteiger charge is 2.41. The molecule has 88 valence electrons. The van der Waals surface area contributed by atoms with Crippen LogP contribution in [-0.2, 0) is 9.59 Å². The molecule has 0 aromatic heterocycles. The molecule has 0 aromatic carbocycles. The van der Waals surface area contributed by atoms with Crippen molar-refractivity contribution in [2.45, 2.75) is 32.5 Å². The summed E-state index contributed by atoms with van der Waals surface area (Å²) in [5.41, 5.74) is 0. The molecule has 0 aromatic rings. The number of hydrogen-bond donors (Lipinski definition) is 2. The van der Waals surface area contributed by atoms with Crippen LogP contribution < -0.4 is 5.32 Å². The second kappa shape index (κ2) is 4.99. The van der Waals surface area contributed by atoms with Gasteiger partial charge in [0, 0.05) is 0 Å². The Kier molecular flexibility index (Phi) is 4.57. The SMILES string of the molecule is CCC(C)[C@H](NC(=O)C(F)(F)F)C(=O)O. The van der Waals surface area contributed by atoms with E-state index >= 15 is 0 Å². The van der Waals surface area contributed by atoms with Crippen molar-refractivity contribution in [3.8, 4) is 0 Å². The lowest BCUT2D eigenvalue weighted by Gasteiger charge is -2.20. The quantitative estimate of drug-likeness (QED) is 0.757. The molecule has 0 heterocycles. The van der Waals surface area contributed by atoms with Crippen LogP contribution in [0.3, 0.4) is 0 Å². The van der Waals surface area contributed by atoms with E-state index in [0.717, 1.165) is 0 Å². The van der Waals surface area contributed by atoms with Crippen molar-refractivity contribution in [3.63, 3.8) is 0 Å². The van der Waals surface area contributed by atoms with E-state index in [-0.39, 0.29) is 0 Å². The van der Waals surface area contributed by atoms with Crippen molar-refractivity contribution >= 4 is 11.9 Å². The molecule has 4 nitrogen and oxygen atoms in total. The van der Waals surface area contributed by atoms with Crippen LogP contribution in [0.1, 0.15) is 20.3 Å². The highest BCUT2D eigenvalue weighted by Crippen LogP contribution is 2.16. The van der Waals surface area contributed by atoms with Crippen LogP contribution in [0.25, 0.3) is 0 Å². The molecule has 0 bridgehead atoms. The maximum Gasteiger partial charge on any atom is 0.471 e. The number of amides is 1. The first-order valence-corrected chi connectivity index (χ1v) is 4.30. The van der Waals surface area contributed by atoms with E-state index in [0.29, 0.717) is 6.42 Å². The molecule has 0 spiro atoms. The Hall–Kier alpha value is -1.27. The first-order chi connectivity index (χ1) is 6.70. The summed E-state index contributed by atoms with van der Waals surface area (Å²) < 4.78 is 35.5. The molecule has 2 atom stereocenters. The number of rotatable bonds is 4. The van der Waals surface area contributed by atoms with E-state index in [2.05, 4.69) is 0 Å². The zero-order chi connectivity index (χ0) is 12.2. The van der Waals surface area contributed by atoms with Gasteiger partial charge in [-0.3, -0.25) is 4.79 Å². The Morgan fingerprint density at radius 2 is 1.87 bits per heavy atom. The summed E-state index contributed by atoms with van der Waals surface area (Å²) >= 11 is 0. The largest absolute Gasteiger partial charge is 0.480 e. The summed E-state index contributed by atoms with van der Waals surface area (Å²) in [7, 11) is 0. The predicted octanol–water partition coefficient (Wildman–Crippen LogP) is 1.16. The molecule has 7 heteroatoms. The van der Waals surface area contributed by atoms with Gasteiger partial charge in [0.15, 0.2) is 0 Å². The van der Waals surface area contributed by atoms with Crippen molar-refractivity contribution in [1.29, 1.82) is 0 Å². The highest BCUT2D eigenvalue weighted by molar-refractivity contribution is 5.87. The number of halogens is 3. The van der Waals surface area contributed by atoms with Gasteiger partial charge in [-0.1, -0.05) is 20.3 Å². The number of carboxylic acids is 1. The summed E-state index contributed by atoms with van der Waals surface area (Å²) in [5, 5.41) is 10.1. The number of nitrogens with one attached hydrogen (secondary N) is 1. The van der Waals surface area contributed by atoms with Crippen molar-refractivity contribution in [2.75, 3.05) is 0 Å². The van der Waals surface area contributed by atoms with E-state index in [4.69, 9.17) is 5.11 Å². The van der Waals surface area contributed by atoms with Gasteiger partial charge in [-0.05, 0) is 5.92 Å². The summed E-state index contributed by atoms with van der Waals surface area (Å²) in [4.78, 5) is 21.1. The maximum absolute atomic E-state index is 11.8. The average molecular weight is 227 g/mol. The zero-order valence-electron chi connectivity index (χ0n) is 8.26. The number of carbonyl (C=O) groups is 2. The fourth-order valence-corrected chi connectivity index (χ4v) is 0.906. The molecule has 0 saturated heterocycles. The number of carbonyl (C=O) groups excluding carboxylic acids is 1. The molecule has 1 unspecified atom stereocenters. The standard InChI is InChI=1S/C8H12F3NO3/c1-3-4(2)5(6(13)14)12-7(15)8(9,10)11/h4-5H,3H2,1-2H3,(H,12,15)(H,13,14)/t4?,5-/m0/s1. The molecule has 2 N–H and O–H groups in total. The van der Waals surface area contributed by atoms with Gasteiger partial charge in [0.1, 0.15) is 6.04 Å². The van der Waals surface area contributed by atoms with Gasteiger partial charge in [-0.25, -0.2) is 4.79 Å². The Bertz CT molecular complexity index is 252. The number of hydrogen-bond acceptors (Lipinski definition) is 2. The van der Waals surface area contributed by atoms with Gasteiger partial charge in [0.05, 0.1) is 0 Å². The minimum Gasteiger partial charge on any atom is -0.480 e. The van der Waals surface area contributed by atoms with Crippen LogP contribution in [0.15, 0.2) is 0 Å². The second-order valence-corrected chi connectivity index (χ2v) is 3.17. The lowest BCUT2D eigenvalue weighted by molar-refractivity contribution is -0.176. The Labute approximate surface area is 84.5 Å². The van der Waals surface area contributed by atoms with Crippen molar-refractivity contribution in [1.82, 2.24) is 5.32 Å². The Morgan fingerprint density at radius 3 is 2.13 bits per heavy atom. The predicted molar refractivity (Wildman–Crippen MR) is 45.1 cm³/mol. The maximum atomic E-state index is 11.8. The first kappa shape index (κ1) is 13.7. The third-order valence-electron chi connectivity index (χ3n) is 2.02. The fourth-order valence-electron chi connectivity index (χ4n) is 0.906. The van der Waals surface area contributed by atoms with E-state index in [1.807, 2.05) is 0 Å². The third-order valence-corrected chi connectivity index (χ3v) is 2.02. The number of alkyl halides is 3. The van der Waals surface area contributed by atoms with E-state index in [1.165, 1.54) is 12.2 Å². The molecule has 0 saturated carbocycles. The normalized spacial score (nSPS) is 15.5. The van der Waals surface area contributed by atoms with Gasteiger partial charge in [0.2, 0.25) is 0 Å². The van der Waals surface area contributed by atoms with Crippen LogP contribution in [0.2, 0.25) is 0 Å². The van der Waals surface area contributed by atoms with Gasteiger partial charge in [-0.15, -0.1) is 0 Å². The minimum absolute atomic E-state index is 0.356. The molecule has 0 aliphatic rings. The summed E-state index contributed by atoms with van der Waals surface area (Å²) in [6, 6.07) is -1.51. The van der Waals surface area contributed by atoms with Crippen LogP contribution in [0.5, 0.6) is 0 Å². The molecular formula is C8H12F3NO3. The molecule has 0 radical (unpaired) electrons. The smallest absolute Gasteiger partial charge is 0.471 e. The van der Waals surface area contributed by atoms with Gasteiger partial charge in [-0.2, -0.15) is 13.2 Å². The molecule has 0 aliphatic carbocycles. The molecule has 0 rings (SSSR count). The van der Waals surface area contributed by atoms with Crippen LogP contribution in [0, 0.1) is 5.92 Å². The van der Waals surface area contributed by atoms with Crippen molar-refractivity contribution in [2.24, 2.45) is 5.92 Å². The third kappa shape index (κ3) is 4.18. The Morgan fingerprint density at radius 1 is 1.40 bits per heavy atom. The fraction of sp³-hybridized carbons (Fsp3) is 0.750. The monoisotopic (exact) mass is 227 g/mol. The molecule has 0 aliphatic heterocycles. The summed E-state index contributed by atoms with van der Waals surface area (Å²) in [6.45, 7) is 3.08. The molecular weight excluding hydrogens is 215 g/mol. The van der Waals surface area contributed by atoms with Crippen LogP contribution in [0.4, 0.5) is 13.2 Å². The summed E-state index contributed by atoms with van der Waals surface area (Å²) in [6.07, 6.45) is -4.70. The van der Waals surface area contributed by atoms with E-state index in [1.54, 1.807) is 6.92 Å². The van der Waals surface area contributed by atoms with E-state index in [9.17, 15) is 22.8 Å². The first-order valence-electron chi connectivity index (χ1n) is 4.30. The van der Waals surface area contributed by atoms with E-state index < -0.39 is 30.0 Å². The second-order valence-electron chi connectivity index (χ2n) is 3.17. The van der Waals surface area contributed by atoms with Gasteiger partial charge >= 0.3 is 18.1 Å². The topological polar surface area (TPSA) is 66.4 Å². The molecule has 1 amide bonds. The van der Waals surface area contributed by atoms with Crippen molar-refractivity contribution in [3.05, 3.63) is 0 Å². The molecule has 15 heavy (non-hydrogen) atoms. The minimum atomic E-state index is -5.05. The average Bonchev–Trinajstić information content (AvgIpc) is 2.10. The lowest BCUT2D eigenvalue weighted by Crippen LogP contribution is -2.49. The van der Waals surface area contributed by atoms with Crippen LogP contribution >= 0.6 is 0 Å². The lowest BCUT2D eigenvalue weighted by atomic mass is 9.99. The summed E-state index contributed by atoms with van der Waals surface area (Å²) in [5.74, 6) is -4.26. The Balaban J connectivity index is 4.57. The van der Waals surface area contributed by atoms with Crippen molar-refractivity contribution < 1.29 is 27.9 Å². The van der Waals surface area contributed by atoms with Crippen LogP contribution in [-0.4, -0.2) is 29.2 Å². The van der Waals surface area contributed by atoms with Gasteiger partial charge in [0.25, 0.3) is 0 Å².